The molecule has 1 fully saturated rings. The molecule has 1 N–H and O–H groups in total. The number of anilines is 1. The molecule has 0 atom stereocenters. The van der Waals surface area contributed by atoms with Crippen LogP contribution in [0.25, 0.3) is 0 Å². The molecule has 0 saturated heterocycles. The molecule has 3 rings (SSSR count). The molecule has 94 valence electrons. The van der Waals surface area contributed by atoms with Crippen LogP contribution in [0.5, 0.6) is 0 Å². The van der Waals surface area contributed by atoms with Gasteiger partial charge in [-0.15, -0.1) is 11.3 Å². The molecule has 18 heavy (non-hydrogen) atoms. The van der Waals surface area contributed by atoms with E-state index in [1.807, 2.05) is 11.3 Å². The van der Waals surface area contributed by atoms with Crippen LogP contribution in [0.4, 0.5) is 5.69 Å². The van der Waals surface area contributed by atoms with Crippen LogP contribution >= 0.6 is 11.3 Å². The van der Waals surface area contributed by atoms with Crippen LogP contribution in [0.15, 0.2) is 29.6 Å². The van der Waals surface area contributed by atoms with Gasteiger partial charge in [-0.1, -0.05) is 24.1 Å². The van der Waals surface area contributed by atoms with E-state index < -0.39 is 0 Å². The first-order valence-electron chi connectivity index (χ1n) is 6.56. The fourth-order valence-corrected chi connectivity index (χ4v) is 3.10. The Morgan fingerprint density at radius 2 is 2.06 bits per heavy atom. The van der Waals surface area contributed by atoms with Crippen LogP contribution in [0, 0.1) is 6.92 Å². The zero-order valence-electron chi connectivity index (χ0n) is 10.6. The third-order valence-corrected chi connectivity index (χ3v) is 4.61. The number of hydrogen-bond acceptors (Lipinski definition) is 3. The van der Waals surface area contributed by atoms with E-state index in [0.29, 0.717) is 0 Å². The summed E-state index contributed by atoms with van der Waals surface area (Å²) in [6, 6.07) is 8.50. The van der Waals surface area contributed by atoms with Gasteiger partial charge in [0.2, 0.25) is 0 Å². The first-order chi connectivity index (χ1) is 8.81. The summed E-state index contributed by atoms with van der Waals surface area (Å²) in [6.45, 7) is 2.93. The number of aromatic nitrogens is 1. The van der Waals surface area contributed by atoms with Crippen molar-refractivity contribution >= 4 is 17.0 Å². The van der Waals surface area contributed by atoms with Gasteiger partial charge in [-0.2, -0.15) is 0 Å². The van der Waals surface area contributed by atoms with Crippen LogP contribution < -0.4 is 5.32 Å². The molecule has 2 aromatic rings. The standard InChI is InChI=1S/C15H18N2S/c1-11-5-7-13(8-6-11)16-9-14-10-18-15(17-14)12-3-2-4-12/h5-8,10,12,16H,2-4,9H2,1H3. The van der Waals surface area contributed by atoms with Gasteiger partial charge in [-0.05, 0) is 31.9 Å². The highest BCUT2D eigenvalue weighted by atomic mass is 32.1. The van der Waals surface area contributed by atoms with Crippen LogP contribution in [-0.2, 0) is 6.54 Å². The Kier molecular flexibility index (Phi) is 3.33. The molecular weight excluding hydrogens is 240 g/mol. The minimum atomic E-state index is 0.753. The van der Waals surface area contributed by atoms with E-state index in [4.69, 9.17) is 4.98 Å². The molecule has 1 aliphatic carbocycles. The fraction of sp³-hybridized carbons (Fsp3) is 0.400. The third-order valence-electron chi connectivity index (χ3n) is 3.55. The molecule has 0 bridgehead atoms. The van der Waals surface area contributed by atoms with Crippen molar-refractivity contribution in [3.8, 4) is 0 Å². The molecule has 2 nitrogen and oxygen atoms in total. The molecule has 0 amide bonds. The van der Waals surface area contributed by atoms with E-state index in [9.17, 15) is 0 Å². The normalized spacial score (nSPS) is 15.4. The summed E-state index contributed by atoms with van der Waals surface area (Å²) in [5.41, 5.74) is 3.63. The monoisotopic (exact) mass is 258 g/mol. The summed E-state index contributed by atoms with van der Waals surface area (Å²) >= 11 is 1.82. The summed E-state index contributed by atoms with van der Waals surface area (Å²) in [6.07, 6.45) is 4.04. The number of benzene rings is 1. The van der Waals surface area contributed by atoms with Crippen molar-refractivity contribution in [1.82, 2.24) is 4.98 Å². The Balaban J connectivity index is 1.59. The Labute approximate surface area is 112 Å². The molecule has 3 heteroatoms. The van der Waals surface area contributed by atoms with Gasteiger partial charge in [-0.25, -0.2) is 4.98 Å². The maximum Gasteiger partial charge on any atom is 0.0960 e. The minimum absolute atomic E-state index is 0.753. The van der Waals surface area contributed by atoms with Gasteiger partial charge in [0.25, 0.3) is 0 Å². The average Bonchev–Trinajstić information content (AvgIpc) is 2.75. The Hall–Kier alpha value is -1.35. The lowest BCUT2D eigenvalue weighted by molar-refractivity contribution is 0.418. The van der Waals surface area contributed by atoms with Gasteiger partial charge in [-0.3, -0.25) is 0 Å². The molecule has 1 saturated carbocycles. The van der Waals surface area contributed by atoms with E-state index in [-0.39, 0.29) is 0 Å². The van der Waals surface area contributed by atoms with Crippen LogP contribution in [0.2, 0.25) is 0 Å². The van der Waals surface area contributed by atoms with E-state index in [0.717, 1.165) is 12.5 Å². The Morgan fingerprint density at radius 3 is 2.72 bits per heavy atom. The molecule has 0 radical (unpaired) electrons. The maximum absolute atomic E-state index is 4.72. The number of thiazole rings is 1. The highest BCUT2D eigenvalue weighted by molar-refractivity contribution is 7.09. The van der Waals surface area contributed by atoms with E-state index in [1.54, 1.807) is 0 Å². The molecule has 0 spiro atoms. The van der Waals surface area contributed by atoms with Crippen molar-refractivity contribution in [3.63, 3.8) is 0 Å². The highest BCUT2D eigenvalue weighted by Gasteiger charge is 2.22. The molecular formula is C15H18N2S. The Bertz CT molecular complexity index is 512. The van der Waals surface area contributed by atoms with Crippen molar-refractivity contribution in [2.75, 3.05) is 5.32 Å². The maximum atomic E-state index is 4.72. The molecule has 0 unspecified atom stereocenters. The zero-order chi connectivity index (χ0) is 12.4. The number of nitrogens with zero attached hydrogens (tertiary/aromatic N) is 1. The first-order valence-corrected chi connectivity index (χ1v) is 7.44. The summed E-state index contributed by atoms with van der Waals surface area (Å²) in [4.78, 5) is 4.72. The SMILES string of the molecule is Cc1ccc(NCc2csc(C3CCC3)n2)cc1. The van der Waals surface area contributed by atoms with E-state index in [2.05, 4.69) is 41.9 Å². The summed E-state index contributed by atoms with van der Waals surface area (Å²) in [7, 11) is 0. The van der Waals surface area contributed by atoms with Gasteiger partial charge in [0.15, 0.2) is 0 Å². The quantitative estimate of drug-likeness (QED) is 0.883. The van der Waals surface area contributed by atoms with Crippen molar-refractivity contribution in [1.29, 1.82) is 0 Å². The number of nitrogens with one attached hydrogen (secondary N) is 1. The van der Waals surface area contributed by atoms with E-state index >= 15 is 0 Å². The molecule has 1 heterocycles. The van der Waals surface area contributed by atoms with Crippen molar-refractivity contribution in [2.45, 2.75) is 38.6 Å². The second kappa shape index (κ2) is 5.11. The van der Waals surface area contributed by atoms with Gasteiger partial charge in [0, 0.05) is 17.0 Å². The van der Waals surface area contributed by atoms with Gasteiger partial charge in [0.1, 0.15) is 0 Å². The summed E-state index contributed by atoms with van der Waals surface area (Å²) in [5.74, 6) is 0.753. The number of aryl methyl sites for hydroxylation is 1. The van der Waals surface area contributed by atoms with Gasteiger partial charge in [0.05, 0.1) is 17.2 Å². The molecule has 0 aliphatic heterocycles. The topological polar surface area (TPSA) is 24.9 Å². The van der Waals surface area contributed by atoms with Crippen molar-refractivity contribution in [2.24, 2.45) is 0 Å². The lowest BCUT2D eigenvalue weighted by Gasteiger charge is -2.22. The number of hydrogen-bond donors (Lipinski definition) is 1. The predicted octanol–water partition coefficient (Wildman–Crippen LogP) is 4.33. The largest absolute Gasteiger partial charge is 0.379 e. The molecule has 1 aromatic heterocycles. The molecule has 1 aromatic carbocycles. The molecule has 1 aliphatic rings. The smallest absolute Gasteiger partial charge is 0.0960 e. The minimum Gasteiger partial charge on any atom is -0.379 e. The first kappa shape index (κ1) is 11.7. The van der Waals surface area contributed by atoms with Gasteiger partial charge >= 0.3 is 0 Å². The second-order valence-electron chi connectivity index (χ2n) is 5.02. The van der Waals surface area contributed by atoms with Crippen LogP contribution in [0.3, 0.4) is 0 Å². The summed E-state index contributed by atoms with van der Waals surface area (Å²) in [5, 5.41) is 6.95. The zero-order valence-corrected chi connectivity index (χ0v) is 11.5. The predicted molar refractivity (Wildman–Crippen MR) is 77.2 cm³/mol. The van der Waals surface area contributed by atoms with Crippen molar-refractivity contribution in [3.05, 3.63) is 45.9 Å². The average molecular weight is 258 g/mol. The van der Waals surface area contributed by atoms with Gasteiger partial charge < -0.3 is 5.32 Å². The number of rotatable bonds is 4. The summed E-state index contributed by atoms with van der Waals surface area (Å²) < 4.78 is 0. The highest BCUT2D eigenvalue weighted by Crippen LogP contribution is 2.37. The fourth-order valence-electron chi connectivity index (χ4n) is 2.11. The Morgan fingerprint density at radius 1 is 1.28 bits per heavy atom. The third kappa shape index (κ3) is 2.56. The van der Waals surface area contributed by atoms with Crippen molar-refractivity contribution < 1.29 is 0 Å². The van der Waals surface area contributed by atoms with Crippen LogP contribution in [-0.4, -0.2) is 4.98 Å². The van der Waals surface area contributed by atoms with E-state index in [1.165, 1.54) is 41.2 Å². The lowest BCUT2D eigenvalue weighted by Crippen LogP contribution is -2.08. The van der Waals surface area contributed by atoms with Crippen LogP contribution in [0.1, 0.15) is 41.4 Å². The second-order valence-corrected chi connectivity index (χ2v) is 5.91. The lowest BCUT2D eigenvalue weighted by atomic mass is 9.86.